The van der Waals surface area contributed by atoms with E-state index in [1.165, 1.54) is 0 Å². The number of aliphatic hydroxyl groups excluding tert-OH is 1. The van der Waals surface area contributed by atoms with E-state index in [9.17, 15) is 4.79 Å². The number of aliphatic hydroxyl groups is 1. The monoisotopic (exact) mass is 328 g/mol. The standard InChI is InChI=1S/C19H24N2O3/c1-14-19(16-5-3-2-4-6-16)24-17(20-14)7-8-18(23)21-11-9-15(13-22)10-12-21/h2-6,15,22H,7-13H2,1H3. The zero-order valence-corrected chi connectivity index (χ0v) is 14.1. The lowest BCUT2D eigenvalue weighted by Crippen LogP contribution is -2.39. The number of hydrogen-bond acceptors (Lipinski definition) is 4. The number of piperidine rings is 1. The van der Waals surface area contributed by atoms with E-state index in [1.54, 1.807) is 0 Å². The summed E-state index contributed by atoms with van der Waals surface area (Å²) in [6, 6.07) is 9.89. The number of carbonyl (C=O) groups is 1. The minimum Gasteiger partial charge on any atom is -0.440 e. The van der Waals surface area contributed by atoms with Gasteiger partial charge < -0.3 is 14.4 Å². The second kappa shape index (κ2) is 7.62. The molecule has 2 heterocycles. The number of rotatable bonds is 5. The number of aryl methyl sites for hydroxylation is 2. The number of nitrogens with zero attached hydrogens (tertiary/aromatic N) is 2. The Bertz CT molecular complexity index is 673. The molecule has 1 aromatic carbocycles. The average Bonchev–Trinajstić information content (AvgIpc) is 3.01. The number of carbonyl (C=O) groups excluding carboxylic acids is 1. The van der Waals surface area contributed by atoms with Crippen LogP contribution >= 0.6 is 0 Å². The minimum atomic E-state index is 0.142. The van der Waals surface area contributed by atoms with Crippen molar-refractivity contribution in [3.63, 3.8) is 0 Å². The molecule has 1 fully saturated rings. The van der Waals surface area contributed by atoms with Crippen molar-refractivity contribution < 1.29 is 14.3 Å². The summed E-state index contributed by atoms with van der Waals surface area (Å²) < 4.78 is 5.86. The first-order valence-electron chi connectivity index (χ1n) is 8.57. The summed E-state index contributed by atoms with van der Waals surface area (Å²) in [6.45, 7) is 3.63. The largest absolute Gasteiger partial charge is 0.440 e. The normalized spacial score (nSPS) is 15.7. The fraction of sp³-hybridized carbons (Fsp3) is 0.474. The molecule has 0 aliphatic carbocycles. The van der Waals surface area contributed by atoms with Gasteiger partial charge in [0.05, 0.1) is 5.69 Å². The second-order valence-corrected chi connectivity index (χ2v) is 6.39. The highest BCUT2D eigenvalue weighted by atomic mass is 16.4. The molecule has 1 amide bonds. The molecule has 24 heavy (non-hydrogen) atoms. The highest BCUT2D eigenvalue weighted by molar-refractivity contribution is 5.76. The lowest BCUT2D eigenvalue weighted by molar-refractivity contribution is -0.132. The molecule has 3 rings (SSSR count). The van der Waals surface area contributed by atoms with Gasteiger partial charge in [-0.05, 0) is 25.7 Å². The topological polar surface area (TPSA) is 66.6 Å². The van der Waals surface area contributed by atoms with Crippen LogP contribution in [0, 0.1) is 12.8 Å². The summed E-state index contributed by atoms with van der Waals surface area (Å²) in [6.07, 6.45) is 2.71. The average molecular weight is 328 g/mol. The number of likely N-dealkylation sites (tertiary alicyclic amines) is 1. The van der Waals surface area contributed by atoms with Crippen molar-refractivity contribution in [2.24, 2.45) is 5.92 Å². The van der Waals surface area contributed by atoms with Gasteiger partial charge in [-0.25, -0.2) is 4.98 Å². The van der Waals surface area contributed by atoms with E-state index in [4.69, 9.17) is 9.52 Å². The van der Waals surface area contributed by atoms with E-state index >= 15 is 0 Å². The van der Waals surface area contributed by atoms with Gasteiger partial charge in [-0.15, -0.1) is 0 Å². The molecule has 1 aliphatic rings. The van der Waals surface area contributed by atoms with Gasteiger partial charge in [-0.1, -0.05) is 30.3 Å². The van der Waals surface area contributed by atoms with Crippen molar-refractivity contribution in [1.29, 1.82) is 0 Å². The van der Waals surface area contributed by atoms with Gasteiger partial charge in [0.2, 0.25) is 5.91 Å². The lowest BCUT2D eigenvalue weighted by Gasteiger charge is -2.31. The minimum absolute atomic E-state index is 0.142. The second-order valence-electron chi connectivity index (χ2n) is 6.39. The molecule has 0 bridgehead atoms. The van der Waals surface area contributed by atoms with Crippen LogP contribution < -0.4 is 0 Å². The Labute approximate surface area is 142 Å². The van der Waals surface area contributed by atoms with Crippen LogP contribution in [0.3, 0.4) is 0 Å². The molecule has 128 valence electrons. The Hall–Kier alpha value is -2.14. The molecule has 5 nitrogen and oxygen atoms in total. The number of hydrogen-bond donors (Lipinski definition) is 1. The van der Waals surface area contributed by atoms with Crippen LogP contribution in [0.4, 0.5) is 0 Å². The maximum absolute atomic E-state index is 12.3. The molecule has 1 saturated heterocycles. The molecule has 1 aromatic heterocycles. The molecule has 0 atom stereocenters. The highest BCUT2D eigenvalue weighted by Gasteiger charge is 2.22. The lowest BCUT2D eigenvalue weighted by atomic mass is 9.97. The molecule has 2 aromatic rings. The third kappa shape index (κ3) is 3.85. The molecular weight excluding hydrogens is 304 g/mol. The summed E-state index contributed by atoms with van der Waals surface area (Å²) in [5.74, 6) is 1.88. The van der Waals surface area contributed by atoms with E-state index in [2.05, 4.69) is 4.98 Å². The van der Waals surface area contributed by atoms with Gasteiger partial charge in [-0.3, -0.25) is 4.79 Å². The first kappa shape index (κ1) is 16.7. The quantitative estimate of drug-likeness (QED) is 0.916. The summed E-state index contributed by atoms with van der Waals surface area (Å²) in [5.41, 5.74) is 1.86. The van der Waals surface area contributed by atoms with Crippen LogP contribution in [0.25, 0.3) is 11.3 Å². The first-order chi connectivity index (χ1) is 11.7. The molecule has 5 heteroatoms. The van der Waals surface area contributed by atoms with Crippen molar-refractivity contribution >= 4 is 5.91 Å². The molecule has 1 N–H and O–H groups in total. The van der Waals surface area contributed by atoms with Crippen molar-refractivity contribution in [1.82, 2.24) is 9.88 Å². The molecule has 0 radical (unpaired) electrons. The number of oxazole rings is 1. The maximum Gasteiger partial charge on any atom is 0.223 e. The van der Waals surface area contributed by atoms with Gasteiger partial charge in [-0.2, -0.15) is 0 Å². The van der Waals surface area contributed by atoms with Gasteiger partial charge in [0.25, 0.3) is 0 Å². The van der Waals surface area contributed by atoms with Crippen LogP contribution in [0.15, 0.2) is 34.7 Å². The van der Waals surface area contributed by atoms with Crippen molar-refractivity contribution in [3.8, 4) is 11.3 Å². The van der Waals surface area contributed by atoms with Gasteiger partial charge in [0, 0.05) is 38.1 Å². The van der Waals surface area contributed by atoms with Crippen LogP contribution in [-0.4, -0.2) is 40.6 Å². The van der Waals surface area contributed by atoms with Crippen molar-refractivity contribution in [3.05, 3.63) is 41.9 Å². The summed E-state index contributed by atoms with van der Waals surface area (Å²) in [4.78, 5) is 18.7. The van der Waals surface area contributed by atoms with E-state index in [0.29, 0.717) is 24.7 Å². The van der Waals surface area contributed by atoms with Crippen molar-refractivity contribution in [2.75, 3.05) is 19.7 Å². The van der Waals surface area contributed by atoms with Crippen LogP contribution in [0.5, 0.6) is 0 Å². The van der Waals surface area contributed by atoms with E-state index < -0.39 is 0 Å². The Morgan fingerprint density at radius 1 is 1.29 bits per heavy atom. The number of amides is 1. The molecule has 0 saturated carbocycles. The Morgan fingerprint density at radius 2 is 2.00 bits per heavy atom. The zero-order valence-electron chi connectivity index (χ0n) is 14.1. The molecule has 0 spiro atoms. The Balaban J connectivity index is 1.56. The van der Waals surface area contributed by atoms with Crippen LogP contribution in [0.1, 0.15) is 30.8 Å². The summed E-state index contributed by atoms with van der Waals surface area (Å²) in [7, 11) is 0. The van der Waals surface area contributed by atoms with E-state index in [0.717, 1.165) is 42.9 Å². The van der Waals surface area contributed by atoms with Gasteiger partial charge in [0.1, 0.15) is 0 Å². The van der Waals surface area contributed by atoms with Gasteiger partial charge in [0.15, 0.2) is 11.7 Å². The predicted molar refractivity (Wildman–Crippen MR) is 91.4 cm³/mol. The number of benzene rings is 1. The number of aromatic nitrogens is 1. The summed E-state index contributed by atoms with van der Waals surface area (Å²) in [5, 5.41) is 9.17. The molecular formula is C19H24N2O3. The highest BCUT2D eigenvalue weighted by Crippen LogP contribution is 2.25. The fourth-order valence-corrected chi connectivity index (χ4v) is 3.15. The SMILES string of the molecule is Cc1nc(CCC(=O)N2CCC(CO)CC2)oc1-c1ccccc1. The predicted octanol–water partition coefficient (Wildman–Crippen LogP) is 2.81. The van der Waals surface area contributed by atoms with Gasteiger partial charge >= 0.3 is 0 Å². The maximum atomic E-state index is 12.3. The Morgan fingerprint density at radius 3 is 2.67 bits per heavy atom. The summed E-state index contributed by atoms with van der Waals surface area (Å²) >= 11 is 0. The van der Waals surface area contributed by atoms with Crippen LogP contribution in [-0.2, 0) is 11.2 Å². The molecule has 0 unspecified atom stereocenters. The smallest absolute Gasteiger partial charge is 0.223 e. The Kier molecular flexibility index (Phi) is 5.30. The third-order valence-corrected chi connectivity index (χ3v) is 4.66. The fourth-order valence-electron chi connectivity index (χ4n) is 3.15. The van der Waals surface area contributed by atoms with E-state index in [-0.39, 0.29) is 12.5 Å². The zero-order chi connectivity index (χ0) is 16.9. The van der Waals surface area contributed by atoms with Crippen LogP contribution in [0.2, 0.25) is 0 Å². The molecule has 1 aliphatic heterocycles. The van der Waals surface area contributed by atoms with E-state index in [1.807, 2.05) is 42.2 Å². The first-order valence-corrected chi connectivity index (χ1v) is 8.57. The third-order valence-electron chi connectivity index (χ3n) is 4.66. The van der Waals surface area contributed by atoms with Crippen molar-refractivity contribution in [2.45, 2.75) is 32.6 Å².